The maximum absolute atomic E-state index is 13.4. The standard InChI is InChI=1S/C23H19ClN2O4/c1-29-12-8-6-11(7-9-12)26-22(27)17-14-10-15(18(17)23(26)28)21-19(14)20(25-30-21)13-4-2-3-5-16(13)24/h2-9,14-15,17-19,21H,10H2,1H3/t14-,15-,17-,18-,19-,21+/m0/s1. The fraction of sp³-hybridized carbons (Fsp3) is 0.348. The first kappa shape index (κ1) is 18.0. The normalized spacial score (nSPS) is 33.4. The molecule has 152 valence electrons. The number of anilines is 1. The Hall–Kier alpha value is -2.86. The Labute approximate surface area is 178 Å². The number of amides is 2. The van der Waals surface area contributed by atoms with Crippen molar-refractivity contribution >= 4 is 34.8 Å². The Bertz CT molecular complexity index is 1100. The topological polar surface area (TPSA) is 68.2 Å². The largest absolute Gasteiger partial charge is 0.497 e. The van der Waals surface area contributed by atoms with Gasteiger partial charge in [0.25, 0.3) is 0 Å². The van der Waals surface area contributed by atoms with Crippen molar-refractivity contribution in [2.75, 3.05) is 12.0 Å². The van der Waals surface area contributed by atoms with E-state index >= 15 is 0 Å². The molecule has 30 heavy (non-hydrogen) atoms. The summed E-state index contributed by atoms with van der Waals surface area (Å²) in [5.74, 6) is -0.227. The molecule has 0 N–H and O–H groups in total. The second kappa shape index (κ2) is 6.32. The Morgan fingerprint density at radius 2 is 1.70 bits per heavy atom. The fourth-order valence-corrected chi connectivity index (χ4v) is 6.24. The number of ether oxygens (including phenoxy) is 1. The molecule has 7 heteroatoms. The number of nitrogens with zero attached hydrogens (tertiary/aromatic N) is 2. The molecule has 2 aliphatic carbocycles. The van der Waals surface area contributed by atoms with Crippen molar-refractivity contribution in [1.82, 2.24) is 0 Å². The van der Waals surface area contributed by atoms with Gasteiger partial charge >= 0.3 is 0 Å². The molecule has 0 unspecified atom stereocenters. The first-order chi connectivity index (χ1) is 14.6. The summed E-state index contributed by atoms with van der Waals surface area (Å²) in [4.78, 5) is 33.9. The predicted octanol–water partition coefficient (Wildman–Crippen LogP) is 3.52. The van der Waals surface area contributed by atoms with Gasteiger partial charge in [-0.2, -0.15) is 0 Å². The van der Waals surface area contributed by atoms with Gasteiger partial charge in [0.15, 0.2) is 0 Å². The second-order valence-electron chi connectivity index (χ2n) is 8.38. The lowest BCUT2D eigenvalue weighted by Gasteiger charge is -2.30. The summed E-state index contributed by atoms with van der Waals surface area (Å²) in [6.45, 7) is 0. The summed E-state index contributed by atoms with van der Waals surface area (Å²) >= 11 is 6.41. The lowest BCUT2D eigenvalue weighted by atomic mass is 9.71. The zero-order valence-corrected chi connectivity index (χ0v) is 17.0. The number of hydrogen-bond acceptors (Lipinski definition) is 5. The molecule has 2 aromatic carbocycles. The Kier molecular flexibility index (Phi) is 3.78. The molecule has 1 saturated heterocycles. The van der Waals surface area contributed by atoms with Gasteiger partial charge in [-0.15, -0.1) is 0 Å². The van der Waals surface area contributed by atoms with Crippen molar-refractivity contribution < 1.29 is 19.2 Å². The summed E-state index contributed by atoms with van der Waals surface area (Å²) in [5.41, 5.74) is 2.24. The molecule has 2 aromatic rings. The van der Waals surface area contributed by atoms with Gasteiger partial charge in [0, 0.05) is 22.4 Å². The molecular weight excluding hydrogens is 404 g/mol. The highest BCUT2D eigenvalue weighted by molar-refractivity contribution is 6.34. The van der Waals surface area contributed by atoms with Gasteiger partial charge in [-0.1, -0.05) is 35.0 Å². The minimum absolute atomic E-state index is 0.00608. The quantitative estimate of drug-likeness (QED) is 0.710. The Morgan fingerprint density at radius 3 is 2.40 bits per heavy atom. The summed E-state index contributed by atoms with van der Waals surface area (Å²) < 4.78 is 5.19. The van der Waals surface area contributed by atoms with Crippen LogP contribution in [0.3, 0.4) is 0 Å². The molecule has 4 aliphatic rings. The van der Waals surface area contributed by atoms with Crippen molar-refractivity contribution in [3.63, 3.8) is 0 Å². The Morgan fingerprint density at radius 1 is 1.00 bits per heavy atom. The number of halogens is 1. The fourth-order valence-electron chi connectivity index (χ4n) is 6.00. The van der Waals surface area contributed by atoms with E-state index in [1.165, 1.54) is 4.90 Å². The van der Waals surface area contributed by atoms with Crippen molar-refractivity contribution in [2.24, 2.45) is 34.7 Å². The number of methoxy groups -OCH3 is 1. The first-order valence-electron chi connectivity index (χ1n) is 10.1. The zero-order valence-electron chi connectivity index (χ0n) is 16.2. The average Bonchev–Trinajstić information content (AvgIpc) is 3.49. The summed E-state index contributed by atoms with van der Waals surface area (Å²) in [5, 5.41) is 4.97. The van der Waals surface area contributed by atoms with Crippen LogP contribution in [0, 0.1) is 29.6 Å². The van der Waals surface area contributed by atoms with Crippen molar-refractivity contribution in [2.45, 2.75) is 12.5 Å². The van der Waals surface area contributed by atoms with Crippen molar-refractivity contribution in [3.8, 4) is 5.75 Å². The van der Waals surface area contributed by atoms with Crippen LogP contribution < -0.4 is 9.64 Å². The molecule has 2 aliphatic heterocycles. The molecule has 0 radical (unpaired) electrons. The minimum Gasteiger partial charge on any atom is -0.497 e. The molecule has 0 spiro atoms. The van der Waals surface area contributed by atoms with Gasteiger partial charge in [0.2, 0.25) is 11.8 Å². The van der Waals surface area contributed by atoms with Crippen LogP contribution >= 0.6 is 11.6 Å². The highest BCUT2D eigenvalue weighted by Crippen LogP contribution is 2.62. The molecule has 2 amide bonds. The van der Waals surface area contributed by atoms with Crippen LogP contribution in [0.4, 0.5) is 5.69 Å². The third-order valence-electron chi connectivity index (χ3n) is 7.17. The molecule has 6 nitrogen and oxygen atoms in total. The molecule has 3 fully saturated rings. The monoisotopic (exact) mass is 422 g/mol. The van der Waals surface area contributed by atoms with Crippen LogP contribution in [0.1, 0.15) is 12.0 Å². The molecule has 2 bridgehead atoms. The van der Waals surface area contributed by atoms with E-state index in [1.54, 1.807) is 31.4 Å². The van der Waals surface area contributed by atoms with Crippen LogP contribution in [-0.2, 0) is 14.4 Å². The van der Waals surface area contributed by atoms with Crippen LogP contribution in [-0.4, -0.2) is 30.7 Å². The first-order valence-corrected chi connectivity index (χ1v) is 10.5. The number of carbonyl (C=O) groups excluding carboxylic acids is 2. The maximum atomic E-state index is 13.4. The highest BCUT2D eigenvalue weighted by Gasteiger charge is 2.70. The number of oxime groups is 1. The molecule has 6 rings (SSSR count). The summed E-state index contributed by atoms with van der Waals surface area (Å²) in [6, 6.07) is 14.6. The summed E-state index contributed by atoms with van der Waals surface area (Å²) in [7, 11) is 1.58. The van der Waals surface area contributed by atoms with E-state index in [4.69, 9.17) is 21.2 Å². The average molecular weight is 423 g/mol. The molecule has 2 saturated carbocycles. The lowest BCUT2D eigenvalue weighted by molar-refractivity contribution is -0.125. The van der Waals surface area contributed by atoms with E-state index in [2.05, 4.69) is 5.16 Å². The number of hydrogen-bond donors (Lipinski definition) is 0. The van der Waals surface area contributed by atoms with Gasteiger partial charge < -0.3 is 9.57 Å². The molecule has 0 aromatic heterocycles. The third kappa shape index (κ3) is 2.23. The molecular formula is C23H19ClN2O4. The number of carbonyl (C=O) groups is 2. The zero-order chi connectivity index (χ0) is 20.6. The number of fused-ring (bicyclic) bond motifs is 8. The molecule has 2 heterocycles. The third-order valence-corrected chi connectivity index (χ3v) is 7.50. The predicted molar refractivity (Wildman–Crippen MR) is 110 cm³/mol. The van der Waals surface area contributed by atoms with Gasteiger partial charge in [-0.25, -0.2) is 0 Å². The maximum Gasteiger partial charge on any atom is 0.238 e. The van der Waals surface area contributed by atoms with Crippen LogP contribution in [0.15, 0.2) is 53.7 Å². The van der Waals surface area contributed by atoms with E-state index < -0.39 is 0 Å². The van der Waals surface area contributed by atoms with Gasteiger partial charge in [-0.3, -0.25) is 14.5 Å². The van der Waals surface area contributed by atoms with E-state index in [1.807, 2.05) is 24.3 Å². The number of rotatable bonds is 3. The molecule has 6 atom stereocenters. The van der Waals surface area contributed by atoms with Crippen molar-refractivity contribution in [1.29, 1.82) is 0 Å². The van der Waals surface area contributed by atoms with Gasteiger partial charge in [0.1, 0.15) is 11.9 Å². The van der Waals surface area contributed by atoms with E-state index in [0.717, 1.165) is 17.7 Å². The minimum atomic E-state index is -0.341. The van der Waals surface area contributed by atoms with Crippen LogP contribution in [0.25, 0.3) is 0 Å². The van der Waals surface area contributed by atoms with E-state index in [0.29, 0.717) is 16.5 Å². The van der Waals surface area contributed by atoms with Crippen LogP contribution in [0.2, 0.25) is 5.02 Å². The van der Waals surface area contributed by atoms with E-state index in [9.17, 15) is 9.59 Å². The van der Waals surface area contributed by atoms with Gasteiger partial charge in [0.05, 0.1) is 30.3 Å². The lowest BCUT2D eigenvalue weighted by Crippen LogP contribution is -2.41. The SMILES string of the molecule is COc1ccc(N2C(=O)[C@H]3[C@@H]4C[C@H]([C@H]5C(c6ccccc6Cl)=NO[C@H]45)[C@@H]3C2=O)cc1. The Balaban J connectivity index is 1.35. The van der Waals surface area contributed by atoms with Gasteiger partial charge in [-0.05, 0) is 42.7 Å². The number of benzene rings is 2. The van der Waals surface area contributed by atoms with Crippen molar-refractivity contribution in [3.05, 3.63) is 59.1 Å². The number of imide groups is 1. The summed E-state index contributed by atoms with van der Waals surface area (Å²) in [6.07, 6.45) is 0.636. The highest BCUT2D eigenvalue weighted by atomic mass is 35.5. The smallest absolute Gasteiger partial charge is 0.238 e. The second-order valence-corrected chi connectivity index (χ2v) is 8.78. The van der Waals surface area contributed by atoms with Crippen LogP contribution in [0.5, 0.6) is 5.75 Å². The van der Waals surface area contributed by atoms with E-state index in [-0.39, 0.29) is 47.5 Å².